The Balaban J connectivity index is 1.71. The number of anilines is 1. The van der Waals surface area contributed by atoms with Gasteiger partial charge < -0.3 is 10.3 Å². The number of carbonyl (C=O) groups excluding carboxylic acids is 1. The zero-order valence-electron chi connectivity index (χ0n) is 16.5. The number of amides is 1. The van der Waals surface area contributed by atoms with Crippen LogP contribution in [0, 0.1) is 11.2 Å². The van der Waals surface area contributed by atoms with Crippen molar-refractivity contribution in [1.82, 2.24) is 15.0 Å². The highest BCUT2D eigenvalue weighted by molar-refractivity contribution is 5.97. The molecule has 0 aliphatic rings. The normalized spacial score (nSPS) is 11.6. The van der Waals surface area contributed by atoms with Crippen LogP contribution in [0.1, 0.15) is 20.8 Å². The van der Waals surface area contributed by atoms with Crippen LogP contribution < -0.4 is 5.32 Å². The fourth-order valence-electron chi connectivity index (χ4n) is 3.04. The molecule has 1 amide bonds. The molecule has 5 nitrogen and oxygen atoms in total. The molecule has 0 fully saturated rings. The first-order chi connectivity index (χ1) is 13.8. The largest absolute Gasteiger partial charge is 0.346 e. The van der Waals surface area contributed by atoms with Gasteiger partial charge in [0.25, 0.3) is 0 Å². The van der Waals surface area contributed by atoms with Crippen LogP contribution in [-0.4, -0.2) is 20.9 Å². The lowest BCUT2D eigenvalue weighted by Gasteiger charge is -2.19. The summed E-state index contributed by atoms with van der Waals surface area (Å²) >= 11 is 0. The highest BCUT2D eigenvalue weighted by atomic mass is 19.1. The maximum absolute atomic E-state index is 15.0. The van der Waals surface area contributed by atoms with Gasteiger partial charge in [0.15, 0.2) is 0 Å². The smallest absolute Gasteiger partial charge is 0.230 e. The van der Waals surface area contributed by atoms with Gasteiger partial charge >= 0.3 is 0 Å². The van der Waals surface area contributed by atoms with E-state index in [2.05, 4.69) is 20.3 Å². The lowest BCUT2D eigenvalue weighted by Crippen LogP contribution is -2.28. The number of halogens is 1. The molecule has 0 aliphatic heterocycles. The molecule has 3 aromatic heterocycles. The molecular weight excluding hydrogens is 367 g/mol. The maximum Gasteiger partial charge on any atom is 0.230 e. The van der Waals surface area contributed by atoms with Crippen LogP contribution >= 0.6 is 0 Å². The van der Waals surface area contributed by atoms with Gasteiger partial charge in [-0.3, -0.25) is 4.79 Å². The van der Waals surface area contributed by atoms with Gasteiger partial charge in [-0.25, -0.2) is 14.4 Å². The third kappa shape index (κ3) is 3.74. The SMILES string of the molecule is CC(C)(C)C(=O)Nc1ncccc1-c1ccc(-c2cnc3[nH]ccc3c2)c(F)c1. The highest BCUT2D eigenvalue weighted by Crippen LogP contribution is 2.32. The van der Waals surface area contributed by atoms with Crippen molar-refractivity contribution in [2.75, 3.05) is 5.32 Å². The average Bonchev–Trinajstić information content (AvgIpc) is 3.15. The van der Waals surface area contributed by atoms with E-state index in [1.165, 1.54) is 6.07 Å². The topological polar surface area (TPSA) is 70.7 Å². The van der Waals surface area contributed by atoms with E-state index >= 15 is 0 Å². The van der Waals surface area contributed by atoms with Crippen LogP contribution in [0.4, 0.5) is 10.2 Å². The van der Waals surface area contributed by atoms with E-state index in [-0.39, 0.29) is 11.7 Å². The van der Waals surface area contributed by atoms with Crippen molar-refractivity contribution in [3.8, 4) is 22.3 Å². The van der Waals surface area contributed by atoms with E-state index in [4.69, 9.17) is 0 Å². The first kappa shape index (κ1) is 18.8. The Morgan fingerprint density at radius 3 is 2.62 bits per heavy atom. The first-order valence-electron chi connectivity index (χ1n) is 9.33. The number of nitrogens with zero attached hydrogens (tertiary/aromatic N) is 2. The van der Waals surface area contributed by atoms with Crippen molar-refractivity contribution in [2.45, 2.75) is 20.8 Å². The van der Waals surface area contributed by atoms with Crippen LogP contribution in [0.3, 0.4) is 0 Å². The summed E-state index contributed by atoms with van der Waals surface area (Å²) in [5.41, 5.74) is 2.67. The highest BCUT2D eigenvalue weighted by Gasteiger charge is 2.23. The number of fused-ring (bicyclic) bond motifs is 1. The van der Waals surface area contributed by atoms with Gasteiger partial charge in [0, 0.05) is 46.1 Å². The minimum atomic E-state index is -0.562. The predicted molar refractivity (Wildman–Crippen MR) is 113 cm³/mol. The number of hydrogen-bond donors (Lipinski definition) is 2. The molecule has 0 unspecified atom stereocenters. The Bertz CT molecular complexity index is 1210. The van der Waals surface area contributed by atoms with Gasteiger partial charge in [-0.1, -0.05) is 32.9 Å². The molecule has 29 heavy (non-hydrogen) atoms. The number of benzene rings is 1. The monoisotopic (exact) mass is 388 g/mol. The molecule has 0 radical (unpaired) electrons. The number of carbonyl (C=O) groups is 1. The van der Waals surface area contributed by atoms with Gasteiger partial charge in [0.1, 0.15) is 17.3 Å². The second-order valence-electron chi connectivity index (χ2n) is 7.94. The zero-order valence-corrected chi connectivity index (χ0v) is 16.5. The first-order valence-corrected chi connectivity index (χ1v) is 9.33. The second kappa shape index (κ2) is 7.13. The number of nitrogens with one attached hydrogen (secondary N) is 2. The number of H-pyrrole nitrogens is 1. The molecule has 0 saturated carbocycles. The molecule has 146 valence electrons. The van der Waals surface area contributed by atoms with E-state index in [0.29, 0.717) is 28.1 Å². The van der Waals surface area contributed by atoms with Crippen LogP contribution in [-0.2, 0) is 4.79 Å². The summed E-state index contributed by atoms with van der Waals surface area (Å²) in [6.07, 6.45) is 5.05. The van der Waals surface area contributed by atoms with Crippen LogP contribution in [0.2, 0.25) is 0 Å². The van der Waals surface area contributed by atoms with Crippen molar-refractivity contribution in [1.29, 1.82) is 0 Å². The average molecular weight is 388 g/mol. The summed E-state index contributed by atoms with van der Waals surface area (Å²) < 4.78 is 15.0. The second-order valence-corrected chi connectivity index (χ2v) is 7.94. The molecule has 4 aromatic rings. The Hall–Kier alpha value is -3.54. The van der Waals surface area contributed by atoms with Crippen LogP contribution in [0.5, 0.6) is 0 Å². The summed E-state index contributed by atoms with van der Waals surface area (Å²) in [6, 6.07) is 12.4. The van der Waals surface area contributed by atoms with E-state index in [0.717, 1.165) is 11.0 Å². The van der Waals surface area contributed by atoms with Crippen molar-refractivity contribution >= 4 is 22.8 Å². The third-order valence-electron chi connectivity index (χ3n) is 4.71. The quantitative estimate of drug-likeness (QED) is 0.493. The minimum Gasteiger partial charge on any atom is -0.346 e. The van der Waals surface area contributed by atoms with Crippen molar-refractivity contribution in [2.24, 2.45) is 5.41 Å². The Morgan fingerprint density at radius 1 is 1.03 bits per heavy atom. The zero-order chi connectivity index (χ0) is 20.6. The lowest BCUT2D eigenvalue weighted by molar-refractivity contribution is -0.123. The summed E-state index contributed by atoms with van der Waals surface area (Å²) in [5.74, 6) is -0.105. The molecule has 0 aliphatic carbocycles. The standard InChI is InChI=1S/C23H21FN4O/c1-23(2,3)22(29)28-21-18(5-4-9-25-21)14-6-7-17(19(24)12-14)16-11-15-8-10-26-20(15)27-13-16/h4-13H,1-3H3,(H,26,27)(H,25,28,29). The Morgan fingerprint density at radius 2 is 1.86 bits per heavy atom. The van der Waals surface area contributed by atoms with E-state index in [1.807, 2.05) is 45.0 Å². The summed E-state index contributed by atoms with van der Waals surface area (Å²) in [7, 11) is 0. The molecule has 0 saturated heterocycles. The summed E-state index contributed by atoms with van der Waals surface area (Å²) in [6.45, 7) is 5.48. The number of hydrogen-bond acceptors (Lipinski definition) is 3. The summed E-state index contributed by atoms with van der Waals surface area (Å²) in [5, 5.41) is 3.77. The molecule has 6 heteroatoms. The van der Waals surface area contributed by atoms with E-state index in [9.17, 15) is 9.18 Å². The van der Waals surface area contributed by atoms with Crippen molar-refractivity contribution < 1.29 is 9.18 Å². The fraction of sp³-hybridized carbons (Fsp3) is 0.174. The number of rotatable bonds is 3. The van der Waals surface area contributed by atoms with Crippen molar-refractivity contribution in [3.63, 3.8) is 0 Å². The minimum absolute atomic E-state index is 0.152. The maximum atomic E-state index is 15.0. The molecule has 1 aromatic carbocycles. The van der Waals surface area contributed by atoms with Gasteiger partial charge in [-0.2, -0.15) is 0 Å². The van der Waals surface area contributed by atoms with Crippen LogP contribution in [0.15, 0.2) is 61.1 Å². The molecule has 0 spiro atoms. The molecule has 2 N–H and O–H groups in total. The predicted octanol–water partition coefficient (Wildman–Crippen LogP) is 5.42. The van der Waals surface area contributed by atoms with E-state index < -0.39 is 5.41 Å². The molecule has 0 bridgehead atoms. The number of pyridine rings is 2. The Labute approximate surface area is 168 Å². The van der Waals surface area contributed by atoms with E-state index in [1.54, 1.807) is 30.7 Å². The summed E-state index contributed by atoms with van der Waals surface area (Å²) in [4.78, 5) is 24.0. The fourth-order valence-corrected chi connectivity index (χ4v) is 3.04. The molecule has 0 atom stereocenters. The van der Waals surface area contributed by atoms with Crippen molar-refractivity contribution in [3.05, 3.63) is 66.9 Å². The molecular formula is C23H21FN4O. The van der Waals surface area contributed by atoms with Gasteiger partial charge in [0.2, 0.25) is 5.91 Å². The van der Waals surface area contributed by atoms with Gasteiger partial charge in [0.05, 0.1) is 0 Å². The molecule has 3 heterocycles. The Kier molecular flexibility index (Phi) is 4.62. The van der Waals surface area contributed by atoms with Gasteiger partial charge in [-0.15, -0.1) is 0 Å². The van der Waals surface area contributed by atoms with Gasteiger partial charge in [-0.05, 0) is 35.9 Å². The number of aromatic amines is 1. The lowest BCUT2D eigenvalue weighted by atomic mass is 9.95. The number of aromatic nitrogens is 3. The van der Waals surface area contributed by atoms with Crippen LogP contribution in [0.25, 0.3) is 33.3 Å². The third-order valence-corrected chi connectivity index (χ3v) is 4.71. The molecule has 4 rings (SSSR count).